The zero-order valence-corrected chi connectivity index (χ0v) is 18.5. The van der Waals surface area contributed by atoms with Gasteiger partial charge in [0.05, 0.1) is 4.88 Å². The van der Waals surface area contributed by atoms with Crippen LogP contribution in [0.15, 0.2) is 52.4 Å². The van der Waals surface area contributed by atoms with Gasteiger partial charge in [0.2, 0.25) is 23.5 Å². The van der Waals surface area contributed by atoms with Crippen LogP contribution in [-0.4, -0.2) is 59.6 Å². The third kappa shape index (κ3) is 6.14. The predicted molar refractivity (Wildman–Crippen MR) is 122 cm³/mol. The van der Waals surface area contributed by atoms with Crippen LogP contribution in [0.3, 0.4) is 0 Å². The Morgan fingerprint density at radius 3 is 2.44 bits per heavy atom. The summed E-state index contributed by atoms with van der Waals surface area (Å²) in [5.41, 5.74) is 6.16. The molecule has 2 N–H and O–H groups in total. The molecule has 0 spiro atoms. The Morgan fingerprint density at radius 2 is 1.72 bits per heavy atom. The van der Waals surface area contributed by atoms with Crippen molar-refractivity contribution in [2.24, 2.45) is 0 Å². The molecule has 32 heavy (non-hydrogen) atoms. The Morgan fingerprint density at radius 1 is 0.969 bits per heavy atom. The predicted octanol–water partition coefficient (Wildman–Crippen LogP) is 2.09. The van der Waals surface area contributed by atoms with E-state index in [1.54, 1.807) is 0 Å². The van der Waals surface area contributed by atoms with Crippen LogP contribution < -0.4 is 15.8 Å². The van der Waals surface area contributed by atoms with Crippen LogP contribution in [0.5, 0.6) is 0 Å². The molecule has 3 aromatic rings. The SMILES string of the molecule is O=C(CCc1nc(-c2cccs2)no1)NNC(=O)CCN1CCN(c2ccccc2)CC1. The number of para-hydroxylation sites is 1. The van der Waals surface area contributed by atoms with Gasteiger partial charge >= 0.3 is 0 Å². The summed E-state index contributed by atoms with van der Waals surface area (Å²) in [5.74, 6) is 0.408. The number of anilines is 1. The first-order valence-corrected chi connectivity index (χ1v) is 11.5. The Bertz CT molecular complexity index is 1000. The number of hydrogen-bond donors (Lipinski definition) is 2. The molecule has 1 aliphatic heterocycles. The lowest BCUT2D eigenvalue weighted by Crippen LogP contribution is -2.48. The van der Waals surface area contributed by atoms with Crippen molar-refractivity contribution < 1.29 is 14.1 Å². The molecule has 1 saturated heterocycles. The quantitative estimate of drug-likeness (QED) is 0.502. The number of aromatic nitrogens is 2. The highest BCUT2D eigenvalue weighted by molar-refractivity contribution is 7.13. The Balaban J connectivity index is 1.09. The number of carbonyl (C=O) groups excluding carboxylic acids is 2. The van der Waals surface area contributed by atoms with Crippen LogP contribution in [0.2, 0.25) is 0 Å². The number of thiophene rings is 1. The summed E-state index contributed by atoms with van der Waals surface area (Å²) in [6.07, 6.45) is 0.791. The number of nitrogens with one attached hydrogen (secondary N) is 2. The molecular weight excluding hydrogens is 428 g/mol. The molecule has 3 heterocycles. The second-order valence-corrected chi connectivity index (χ2v) is 8.45. The van der Waals surface area contributed by atoms with Gasteiger partial charge in [-0.25, -0.2) is 0 Å². The van der Waals surface area contributed by atoms with E-state index in [0.717, 1.165) is 31.1 Å². The maximum atomic E-state index is 12.1. The summed E-state index contributed by atoms with van der Waals surface area (Å²) in [4.78, 5) is 33.9. The summed E-state index contributed by atoms with van der Waals surface area (Å²) < 4.78 is 5.18. The standard InChI is InChI=1S/C22H26N6O3S/c29-19(8-9-21-23-22(26-31-21)18-7-4-16-32-18)24-25-20(30)10-11-27-12-14-28(15-13-27)17-5-2-1-3-6-17/h1-7,16H,8-15H2,(H,24,29)(H,25,30). The van der Waals surface area contributed by atoms with Gasteiger partial charge in [0.25, 0.3) is 0 Å². The van der Waals surface area contributed by atoms with Crippen molar-refractivity contribution in [2.45, 2.75) is 19.3 Å². The van der Waals surface area contributed by atoms with E-state index < -0.39 is 0 Å². The molecule has 0 radical (unpaired) electrons. The number of amides is 2. The monoisotopic (exact) mass is 454 g/mol. The van der Waals surface area contributed by atoms with Gasteiger partial charge in [0.15, 0.2) is 0 Å². The lowest BCUT2D eigenvalue weighted by Gasteiger charge is -2.36. The first-order chi connectivity index (χ1) is 15.7. The second-order valence-electron chi connectivity index (χ2n) is 7.50. The Labute approximate surface area is 190 Å². The normalized spacial score (nSPS) is 14.3. The van der Waals surface area contributed by atoms with Crippen LogP contribution >= 0.6 is 11.3 Å². The van der Waals surface area contributed by atoms with Gasteiger partial charge in [-0.1, -0.05) is 29.4 Å². The number of hydrazine groups is 1. The molecule has 0 saturated carbocycles. The molecule has 2 amide bonds. The molecule has 1 aromatic carbocycles. The average Bonchev–Trinajstić information content (AvgIpc) is 3.53. The first-order valence-electron chi connectivity index (χ1n) is 10.6. The fourth-order valence-corrected chi connectivity index (χ4v) is 4.12. The molecule has 2 aromatic heterocycles. The van der Waals surface area contributed by atoms with E-state index in [1.165, 1.54) is 17.0 Å². The van der Waals surface area contributed by atoms with Crippen LogP contribution in [0.25, 0.3) is 10.7 Å². The number of benzene rings is 1. The lowest BCUT2D eigenvalue weighted by molar-refractivity contribution is -0.129. The minimum Gasteiger partial charge on any atom is -0.369 e. The summed E-state index contributed by atoms with van der Waals surface area (Å²) in [6.45, 7) is 4.36. The molecule has 10 heteroatoms. The fourth-order valence-electron chi connectivity index (χ4n) is 3.48. The number of rotatable bonds is 8. The third-order valence-corrected chi connectivity index (χ3v) is 6.13. The number of carbonyl (C=O) groups is 2. The van der Waals surface area contributed by atoms with Crippen LogP contribution in [0.1, 0.15) is 18.7 Å². The van der Waals surface area contributed by atoms with Gasteiger partial charge in [0, 0.05) is 57.7 Å². The van der Waals surface area contributed by atoms with Crippen molar-refractivity contribution in [3.63, 3.8) is 0 Å². The summed E-state index contributed by atoms with van der Waals surface area (Å²) >= 11 is 1.52. The Kier molecular flexibility index (Phi) is 7.47. The van der Waals surface area contributed by atoms with Gasteiger partial charge < -0.3 is 9.42 Å². The maximum Gasteiger partial charge on any atom is 0.239 e. The first kappa shape index (κ1) is 22.0. The smallest absolute Gasteiger partial charge is 0.239 e. The van der Waals surface area contributed by atoms with E-state index >= 15 is 0 Å². The van der Waals surface area contributed by atoms with Gasteiger partial charge in [-0.2, -0.15) is 4.98 Å². The van der Waals surface area contributed by atoms with Crippen molar-refractivity contribution in [1.29, 1.82) is 0 Å². The van der Waals surface area contributed by atoms with Gasteiger partial charge in [-0.3, -0.25) is 25.3 Å². The molecule has 168 valence electrons. The second kappa shape index (κ2) is 10.9. The molecule has 0 unspecified atom stereocenters. The van der Waals surface area contributed by atoms with Crippen molar-refractivity contribution in [2.75, 3.05) is 37.6 Å². The van der Waals surface area contributed by atoms with Gasteiger partial charge in [-0.05, 0) is 23.6 Å². The molecule has 1 aliphatic rings. The highest BCUT2D eigenvalue weighted by Crippen LogP contribution is 2.21. The average molecular weight is 455 g/mol. The molecule has 1 fully saturated rings. The highest BCUT2D eigenvalue weighted by atomic mass is 32.1. The van der Waals surface area contributed by atoms with Crippen LogP contribution in [-0.2, 0) is 16.0 Å². The van der Waals surface area contributed by atoms with Crippen LogP contribution in [0.4, 0.5) is 5.69 Å². The van der Waals surface area contributed by atoms with Gasteiger partial charge in [0.1, 0.15) is 0 Å². The summed E-state index contributed by atoms with van der Waals surface area (Å²) in [6, 6.07) is 14.2. The molecule has 0 aliphatic carbocycles. The number of nitrogens with zero attached hydrogens (tertiary/aromatic N) is 4. The van der Waals surface area contributed by atoms with E-state index in [1.807, 2.05) is 35.7 Å². The molecule has 4 rings (SSSR count). The van der Waals surface area contributed by atoms with Gasteiger partial charge in [-0.15, -0.1) is 11.3 Å². The van der Waals surface area contributed by atoms with E-state index in [2.05, 4.69) is 42.9 Å². The van der Waals surface area contributed by atoms with Crippen molar-refractivity contribution >= 4 is 28.8 Å². The molecule has 0 bridgehead atoms. The maximum absolute atomic E-state index is 12.1. The Hall–Kier alpha value is -3.24. The van der Waals surface area contributed by atoms with E-state index in [-0.39, 0.29) is 18.2 Å². The topological polar surface area (TPSA) is 104 Å². The highest BCUT2D eigenvalue weighted by Gasteiger charge is 2.18. The molecule has 0 atom stereocenters. The lowest BCUT2D eigenvalue weighted by atomic mass is 10.2. The van der Waals surface area contributed by atoms with Crippen molar-refractivity contribution in [1.82, 2.24) is 25.9 Å². The fraction of sp³-hybridized carbons (Fsp3) is 0.364. The van der Waals surface area contributed by atoms with Crippen molar-refractivity contribution in [3.05, 3.63) is 53.7 Å². The van der Waals surface area contributed by atoms with E-state index in [4.69, 9.17) is 4.52 Å². The minimum atomic E-state index is -0.300. The minimum absolute atomic E-state index is 0.147. The molecular formula is C22H26N6O3S. The van der Waals surface area contributed by atoms with E-state index in [0.29, 0.717) is 31.1 Å². The number of aryl methyl sites for hydroxylation is 1. The van der Waals surface area contributed by atoms with E-state index in [9.17, 15) is 9.59 Å². The summed E-state index contributed by atoms with van der Waals surface area (Å²) in [7, 11) is 0. The number of piperazine rings is 1. The molecule has 9 nitrogen and oxygen atoms in total. The third-order valence-electron chi connectivity index (χ3n) is 5.27. The number of hydrogen-bond acceptors (Lipinski definition) is 8. The van der Waals surface area contributed by atoms with Crippen LogP contribution in [0, 0.1) is 0 Å². The largest absolute Gasteiger partial charge is 0.369 e. The summed E-state index contributed by atoms with van der Waals surface area (Å²) in [5, 5.41) is 5.85. The van der Waals surface area contributed by atoms with Crippen molar-refractivity contribution in [3.8, 4) is 10.7 Å². The zero-order valence-electron chi connectivity index (χ0n) is 17.7. The zero-order chi connectivity index (χ0) is 22.2.